The summed E-state index contributed by atoms with van der Waals surface area (Å²) in [6, 6.07) is 6.41. The van der Waals surface area contributed by atoms with Crippen molar-refractivity contribution < 1.29 is 9.18 Å². The number of hydrogen-bond acceptors (Lipinski definition) is 2. The molecule has 2 rings (SSSR count). The number of rotatable bonds is 3. The van der Waals surface area contributed by atoms with Crippen molar-refractivity contribution in [1.82, 2.24) is 5.32 Å². The van der Waals surface area contributed by atoms with E-state index in [0.29, 0.717) is 0 Å². The van der Waals surface area contributed by atoms with Gasteiger partial charge in [0.05, 0.1) is 18.4 Å². The van der Waals surface area contributed by atoms with Gasteiger partial charge in [-0.3, -0.25) is 4.79 Å². The van der Waals surface area contributed by atoms with Crippen LogP contribution in [0.3, 0.4) is 0 Å². The summed E-state index contributed by atoms with van der Waals surface area (Å²) in [6.07, 6.45) is 2.45. The van der Waals surface area contributed by atoms with Crippen molar-refractivity contribution in [3.63, 3.8) is 0 Å². The highest BCUT2D eigenvalue weighted by Gasteiger charge is 2.28. The number of nitrogens with zero attached hydrogens (tertiary/aromatic N) is 1. The molecule has 0 aliphatic heterocycles. The zero-order chi connectivity index (χ0) is 13.8. The predicted octanol–water partition coefficient (Wildman–Crippen LogP) is 2.83. The Hall–Kier alpha value is -1.60. The minimum atomic E-state index is -0.481. The average molecular weight is 281 g/mol. The van der Waals surface area contributed by atoms with E-state index in [1.807, 2.05) is 0 Å². The van der Waals surface area contributed by atoms with Gasteiger partial charge in [-0.1, -0.05) is 17.7 Å². The predicted molar refractivity (Wildman–Crippen MR) is 70.0 cm³/mol. The van der Waals surface area contributed by atoms with E-state index in [2.05, 4.69) is 11.4 Å². The summed E-state index contributed by atoms with van der Waals surface area (Å²) in [4.78, 5) is 11.9. The fourth-order valence-corrected chi connectivity index (χ4v) is 2.64. The van der Waals surface area contributed by atoms with Gasteiger partial charge in [-0.2, -0.15) is 5.26 Å². The summed E-state index contributed by atoms with van der Waals surface area (Å²) in [5.74, 6) is -0.912. The second-order valence-electron chi connectivity index (χ2n) is 4.72. The van der Waals surface area contributed by atoms with Crippen LogP contribution in [0, 0.1) is 23.1 Å². The van der Waals surface area contributed by atoms with Crippen LogP contribution in [0.15, 0.2) is 18.2 Å². The van der Waals surface area contributed by atoms with E-state index < -0.39 is 5.82 Å². The molecule has 19 heavy (non-hydrogen) atoms. The van der Waals surface area contributed by atoms with Crippen LogP contribution in [0.25, 0.3) is 0 Å². The smallest absolute Gasteiger partial charge is 0.224 e. The maximum Gasteiger partial charge on any atom is 0.224 e. The molecule has 100 valence electrons. The minimum Gasteiger partial charge on any atom is -0.352 e. The summed E-state index contributed by atoms with van der Waals surface area (Å²) >= 11 is 5.87. The molecule has 3 nitrogen and oxygen atoms in total. The third-order valence-corrected chi connectivity index (χ3v) is 3.78. The van der Waals surface area contributed by atoms with Crippen molar-refractivity contribution >= 4 is 17.5 Å². The molecular formula is C14H14ClFN2O. The lowest BCUT2D eigenvalue weighted by atomic mass is 10.0. The van der Waals surface area contributed by atoms with Gasteiger partial charge in [-0.05, 0) is 31.4 Å². The number of carbonyl (C=O) groups excluding carboxylic acids is 1. The normalized spacial score (nSPS) is 21.9. The molecular weight excluding hydrogens is 267 g/mol. The third-order valence-electron chi connectivity index (χ3n) is 3.43. The molecule has 1 fully saturated rings. The van der Waals surface area contributed by atoms with Gasteiger partial charge >= 0.3 is 0 Å². The van der Waals surface area contributed by atoms with Crippen molar-refractivity contribution in [1.29, 1.82) is 5.26 Å². The summed E-state index contributed by atoms with van der Waals surface area (Å²) < 4.78 is 13.6. The van der Waals surface area contributed by atoms with E-state index in [0.717, 1.165) is 19.3 Å². The topological polar surface area (TPSA) is 52.9 Å². The molecule has 0 aromatic heterocycles. The summed E-state index contributed by atoms with van der Waals surface area (Å²) in [5.41, 5.74) is 0.202. The molecule has 0 bridgehead atoms. The Morgan fingerprint density at radius 3 is 3.00 bits per heavy atom. The first-order valence-electron chi connectivity index (χ1n) is 6.23. The zero-order valence-electron chi connectivity index (χ0n) is 10.3. The summed E-state index contributed by atoms with van der Waals surface area (Å²) in [6.45, 7) is 0. The Balaban J connectivity index is 2.00. The second kappa shape index (κ2) is 6.03. The first-order valence-corrected chi connectivity index (χ1v) is 6.61. The number of carbonyl (C=O) groups is 1. The van der Waals surface area contributed by atoms with Crippen LogP contribution >= 0.6 is 11.6 Å². The Morgan fingerprint density at radius 1 is 1.53 bits per heavy atom. The van der Waals surface area contributed by atoms with Gasteiger partial charge in [-0.25, -0.2) is 4.39 Å². The molecule has 1 aliphatic carbocycles. The molecule has 5 heteroatoms. The molecule has 1 N–H and O–H groups in total. The minimum absolute atomic E-state index is 0.0971. The molecule has 1 aliphatic rings. The summed E-state index contributed by atoms with van der Waals surface area (Å²) in [7, 11) is 0. The van der Waals surface area contributed by atoms with Crippen LogP contribution in [0.2, 0.25) is 5.02 Å². The molecule has 1 amide bonds. The number of benzene rings is 1. The summed E-state index contributed by atoms with van der Waals surface area (Å²) in [5, 5.41) is 12.0. The highest BCUT2D eigenvalue weighted by molar-refractivity contribution is 6.31. The highest BCUT2D eigenvalue weighted by atomic mass is 35.5. The van der Waals surface area contributed by atoms with Crippen LogP contribution in [0.1, 0.15) is 24.8 Å². The standard InChI is InChI=1S/C14H14ClFN2O/c15-11-4-2-5-12(16)10(11)7-14(19)18-13-6-1-3-9(13)8-17/h2,4-5,9,13H,1,3,6-7H2,(H,18,19). The quantitative estimate of drug-likeness (QED) is 0.926. The zero-order valence-corrected chi connectivity index (χ0v) is 11.1. The molecule has 1 saturated carbocycles. The molecule has 2 atom stereocenters. The van der Waals surface area contributed by atoms with Crippen molar-refractivity contribution in [3.8, 4) is 6.07 Å². The van der Waals surface area contributed by atoms with Crippen molar-refractivity contribution in [2.24, 2.45) is 5.92 Å². The fourth-order valence-electron chi connectivity index (χ4n) is 2.41. The Labute approximate surface area is 116 Å². The fraction of sp³-hybridized carbons (Fsp3) is 0.429. The second-order valence-corrected chi connectivity index (χ2v) is 5.12. The largest absolute Gasteiger partial charge is 0.352 e. The molecule has 0 radical (unpaired) electrons. The lowest BCUT2D eigenvalue weighted by molar-refractivity contribution is -0.121. The van der Waals surface area contributed by atoms with Gasteiger partial charge < -0.3 is 5.32 Å². The monoisotopic (exact) mass is 280 g/mol. The van der Waals surface area contributed by atoms with Gasteiger partial charge in [0.2, 0.25) is 5.91 Å². The van der Waals surface area contributed by atoms with E-state index in [-0.39, 0.29) is 34.9 Å². The van der Waals surface area contributed by atoms with Crippen LogP contribution in [0.5, 0.6) is 0 Å². The van der Waals surface area contributed by atoms with Crippen molar-refractivity contribution in [3.05, 3.63) is 34.6 Å². The number of halogens is 2. The van der Waals surface area contributed by atoms with Crippen LogP contribution in [-0.4, -0.2) is 11.9 Å². The Morgan fingerprint density at radius 2 is 2.32 bits per heavy atom. The van der Waals surface area contributed by atoms with Gasteiger partial charge in [-0.15, -0.1) is 0 Å². The van der Waals surface area contributed by atoms with E-state index >= 15 is 0 Å². The van der Waals surface area contributed by atoms with E-state index in [1.54, 1.807) is 6.07 Å². The third kappa shape index (κ3) is 3.24. The number of hydrogen-bond donors (Lipinski definition) is 1. The van der Waals surface area contributed by atoms with Gasteiger partial charge in [0.25, 0.3) is 0 Å². The molecule has 1 aromatic rings. The van der Waals surface area contributed by atoms with Crippen molar-refractivity contribution in [2.75, 3.05) is 0 Å². The van der Waals surface area contributed by atoms with E-state index in [1.165, 1.54) is 12.1 Å². The van der Waals surface area contributed by atoms with Gasteiger partial charge in [0, 0.05) is 16.6 Å². The lowest BCUT2D eigenvalue weighted by Crippen LogP contribution is -2.38. The van der Waals surface area contributed by atoms with Crippen LogP contribution in [0.4, 0.5) is 4.39 Å². The van der Waals surface area contributed by atoms with Gasteiger partial charge in [0.1, 0.15) is 5.82 Å². The van der Waals surface area contributed by atoms with Gasteiger partial charge in [0.15, 0.2) is 0 Å². The SMILES string of the molecule is N#CC1CCCC1NC(=O)Cc1c(F)cccc1Cl. The first-order chi connectivity index (χ1) is 9.11. The van der Waals surface area contributed by atoms with Crippen LogP contribution in [-0.2, 0) is 11.2 Å². The first kappa shape index (κ1) is 13.8. The van der Waals surface area contributed by atoms with E-state index in [9.17, 15) is 9.18 Å². The number of nitriles is 1. The molecule has 0 saturated heterocycles. The Bertz CT molecular complexity index is 506. The lowest BCUT2D eigenvalue weighted by Gasteiger charge is -2.16. The molecule has 2 unspecified atom stereocenters. The maximum atomic E-state index is 13.6. The van der Waals surface area contributed by atoms with Crippen LogP contribution < -0.4 is 5.32 Å². The Kier molecular flexibility index (Phi) is 4.39. The molecule has 0 spiro atoms. The number of nitrogens with one attached hydrogen (secondary N) is 1. The average Bonchev–Trinajstić information content (AvgIpc) is 2.81. The number of amides is 1. The van der Waals surface area contributed by atoms with E-state index in [4.69, 9.17) is 16.9 Å². The highest BCUT2D eigenvalue weighted by Crippen LogP contribution is 2.25. The molecule has 1 aromatic carbocycles. The molecule has 0 heterocycles. The van der Waals surface area contributed by atoms with Crippen molar-refractivity contribution in [2.45, 2.75) is 31.7 Å². The maximum absolute atomic E-state index is 13.6.